The molecule has 6 rings (SSSR count). The zero-order valence-corrected chi connectivity index (χ0v) is 30.5. The van der Waals surface area contributed by atoms with Gasteiger partial charge in [-0.25, -0.2) is 0 Å². The van der Waals surface area contributed by atoms with Crippen LogP contribution in [-0.4, -0.2) is 73.3 Å². The van der Waals surface area contributed by atoms with Crippen molar-refractivity contribution in [1.82, 2.24) is 15.3 Å². The third kappa shape index (κ3) is 8.90. The molecule has 2 aliphatic rings. The molecular weight excluding hydrogens is 688 g/mol. The summed E-state index contributed by atoms with van der Waals surface area (Å²) in [5.41, 5.74) is 9.43. The molecule has 2 heterocycles. The average Bonchev–Trinajstić information content (AvgIpc) is 4.09. The van der Waals surface area contributed by atoms with Gasteiger partial charge in [0.25, 0.3) is 5.91 Å². The zero-order valence-electron chi connectivity index (χ0n) is 30.5. The third-order valence-electron chi connectivity index (χ3n) is 10.6. The molecule has 0 unspecified atom stereocenters. The number of rotatable bonds is 18. The normalized spacial score (nSPS) is 15.0. The average molecular weight is 735 g/mol. The van der Waals surface area contributed by atoms with Crippen LogP contribution in [0.2, 0.25) is 0 Å². The van der Waals surface area contributed by atoms with E-state index in [0.29, 0.717) is 29.6 Å². The number of aromatic nitrogens is 2. The van der Waals surface area contributed by atoms with Crippen LogP contribution in [0.3, 0.4) is 0 Å². The van der Waals surface area contributed by atoms with E-state index in [9.17, 15) is 39.6 Å². The van der Waals surface area contributed by atoms with E-state index in [-0.39, 0.29) is 36.8 Å². The van der Waals surface area contributed by atoms with Gasteiger partial charge in [-0.1, -0.05) is 30.3 Å². The van der Waals surface area contributed by atoms with E-state index in [1.54, 1.807) is 18.5 Å². The highest BCUT2D eigenvalue weighted by Crippen LogP contribution is 2.43. The SMILES string of the molecule is Cc1c(CC(=O)c2cc(C3CC3)c(CN[C@H](CO)C(=O)O)cn2)cccc1-c1cccc(NC(=O)c2cc(C3CC3)c(CC[C@@H](CO)C(=O)O)cn2)c1C. The molecule has 54 heavy (non-hydrogen) atoms. The molecule has 0 spiro atoms. The fourth-order valence-corrected chi connectivity index (χ4v) is 6.95. The number of nitrogens with zero attached hydrogens (tertiary/aromatic N) is 2. The number of aliphatic carboxylic acids is 2. The number of aryl methyl sites for hydroxylation is 1. The molecule has 2 aromatic carbocycles. The van der Waals surface area contributed by atoms with Gasteiger partial charge >= 0.3 is 11.9 Å². The summed E-state index contributed by atoms with van der Waals surface area (Å²) in [6.07, 6.45) is 8.12. The van der Waals surface area contributed by atoms with Crippen LogP contribution in [0.25, 0.3) is 11.1 Å². The van der Waals surface area contributed by atoms with Gasteiger partial charge in [-0.15, -0.1) is 0 Å². The van der Waals surface area contributed by atoms with Crippen LogP contribution in [-0.2, 0) is 29.0 Å². The van der Waals surface area contributed by atoms with Gasteiger partial charge in [-0.05, 0) is 132 Å². The first-order valence-corrected chi connectivity index (χ1v) is 18.4. The number of aliphatic hydroxyl groups is 2. The van der Waals surface area contributed by atoms with Gasteiger partial charge in [0.2, 0.25) is 0 Å². The van der Waals surface area contributed by atoms with Gasteiger partial charge in [-0.3, -0.25) is 34.5 Å². The van der Waals surface area contributed by atoms with E-state index in [2.05, 4.69) is 20.6 Å². The Kier molecular flexibility index (Phi) is 12.0. The van der Waals surface area contributed by atoms with Crippen molar-refractivity contribution in [2.75, 3.05) is 18.5 Å². The first kappa shape index (κ1) is 38.4. The number of carboxylic acids is 2. The molecule has 4 aromatic rings. The molecule has 2 atom stereocenters. The number of nitrogens with one attached hydrogen (secondary N) is 2. The Bertz CT molecular complexity index is 1930. The molecule has 2 fully saturated rings. The molecule has 0 bridgehead atoms. The van der Waals surface area contributed by atoms with Gasteiger partial charge in [0.1, 0.15) is 17.4 Å². The largest absolute Gasteiger partial charge is 0.481 e. The quantitative estimate of drug-likeness (QED) is 0.0720. The first-order chi connectivity index (χ1) is 26.0. The highest BCUT2D eigenvalue weighted by Gasteiger charge is 2.30. The minimum Gasteiger partial charge on any atom is -0.481 e. The number of carbonyl (C=O) groups excluding carboxylic acids is 2. The summed E-state index contributed by atoms with van der Waals surface area (Å²) >= 11 is 0. The van der Waals surface area contributed by atoms with E-state index >= 15 is 0 Å². The monoisotopic (exact) mass is 734 g/mol. The van der Waals surface area contributed by atoms with E-state index in [0.717, 1.165) is 75.8 Å². The number of amides is 1. The molecule has 0 radical (unpaired) electrons. The van der Waals surface area contributed by atoms with Crippen molar-refractivity contribution in [3.8, 4) is 11.1 Å². The molecule has 2 aliphatic carbocycles. The summed E-state index contributed by atoms with van der Waals surface area (Å²) in [6, 6.07) is 14.1. The number of Topliss-reactive ketones (excluding diaryl/α,β-unsaturated/α-hetero) is 1. The summed E-state index contributed by atoms with van der Waals surface area (Å²) in [6.45, 7) is 3.17. The second-order valence-electron chi connectivity index (χ2n) is 14.4. The number of aliphatic hydroxyl groups excluding tert-OH is 2. The van der Waals surface area contributed by atoms with Crippen molar-refractivity contribution in [3.05, 3.63) is 111 Å². The molecule has 6 N–H and O–H groups in total. The molecule has 12 heteroatoms. The number of carbonyl (C=O) groups is 4. The molecule has 12 nitrogen and oxygen atoms in total. The second-order valence-corrected chi connectivity index (χ2v) is 14.4. The fraction of sp³-hybridized carbons (Fsp3) is 0.381. The lowest BCUT2D eigenvalue weighted by Gasteiger charge is -2.17. The Balaban J connectivity index is 1.17. The van der Waals surface area contributed by atoms with Gasteiger partial charge in [0, 0.05) is 31.0 Å². The minimum absolute atomic E-state index is 0.132. The highest BCUT2D eigenvalue weighted by molar-refractivity contribution is 6.04. The number of ketones is 1. The van der Waals surface area contributed by atoms with Crippen molar-refractivity contribution in [2.24, 2.45) is 5.92 Å². The number of hydrogen-bond donors (Lipinski definition) is 6. The fourth-order valence-electron chi connectivity index (χ4n) is 6.95. The molecule has 282 valence electrons. The molecule has 1 amide bonds. The van der Waals surface area contributed by atoms with Crippen LogP contribution in [0.15, 0.2) is 60.9 Å². The number of carboxylic acid groups (broad SMARTS) is 2. The number of anilines is 1. The summed E-state index contributed by atoms with van der Waals surface area (Å²) in [4.78, 5) is 58.8. The molecule has 0 aliphatic heterocycles. The lowest BCUT2D eigenvalue weighted by Crippen LogP contribution is -2.39. The molecule has 2 aromatic heterocycles. The topological polar surface area (TPSA) is 199 Å². The summed E-state index contributed by atoms with van der Waals surface area (Å²) < 4.78 is 0. The Hall–Kier alpha value is -5.30. The summed E-state index contributed by atoms with van der Waals surface area (Å²) in [7, 11) is 0. The van der Waals surface area contributed by atoms with Gasteiger partial charge in [0.05, 0.1) is 19.1 Å². The lowest BCUT2D eigenvalue weighted by atomic mass is 9.90. The second kappa shape index (κ2) is 16.8. The van der Waals surface area contributed by atoms with Crippen molar-refractivity contribution in [1.29, 1.82) is 0 Å². The van der Waals surface area contributed by atoms with Crippen LogP contribution in [0, 0.1) is 19.8 Å². The van der Waals surface area contributed by atoms with Crippen LogP contribution >= 0.6 is 0 Å². The van der Waals surface area contributed by atoms with Crippen molar-refractivity contribution >= 4 is 29.3 Å². The Morgan fingerprint density at radius 2 is 1.37 bits per heavy atom. The van der Waals surface area contributed by atoms with E-state index in [1.165, 1.54) is 0 Å². The predicted molar refractivity (Wildman–Crippen MR) is 202 cm³/mol. The predicted octanol–water partition coefficient (Wildman–Crippen LogP) is 5.35. The Labute approximate surface area is 313 Å². The van der Waals surface area contributed by atoms with Gasteiger partial charge in [0.15, 0.2) is 5.78 Å². The van der Waals surface area contributed by atoms with E-state index < -0.39 is 37.1 Å². The van der Waals surface area contributed by atoms with Crippen LogP contribution in [0.5, 0.6) is 0 Å². The first-order valence-electron chi connectivity index (χ1n) is 18.4. The highest BCUT2D eigenvalue weighted by atomic mass is 16.4. The Morgan fingerprint density at radius 1 is 0.759 bits per heavy atom. The van der Waals surface area contributed by atoms with Crippen molar-refractivity contribution in [3.63, 3.8) is 0 Å². The maximum atomic E-state index is 13.6. The van der Waals surface area contributed by atoms with Crippen LogP contribution in [0.1, 0.15) is 104 Å². The van der Waals surface area contributed by atoms with Crippen LogP contribution in [0.4, 0.5) is 5.69 Å². The van der Waals surface area contributed by atoms with E-state index in [1.807, 2.05) is 56.3 Å². The lowest BCUT2D eigenvalue weighted by molar-refractivity contribution is -0.143. The van der Waals surface area contributed by atoms with E-state index in [4.69, 9.17) is 0 Å². The summed E-state index contributed by atoms with van der Waals surface area (Å²) in [5, 5.41) is 43.3. The number of benzene rings is 2. The zero-order chi connectivity index (χ0) is 38.5. The van der Waals surface area contributed by atoms with Crippen molar-refractivity contribution < 1.29 is 39.6 Å². The third-order valence-corrected chi connectivity index (χ3v) is 10.6. The number of hydrogen-bond acceptors (Lipinski definition) is 9. The van der Waals surface area contributed by atoms with Gasteiger partial charge < -0.3 is 25.7 Å². The number of pyridine rings is 2. The minimum atomic E-state index is -1.14. The Morgan fingerprint density at radius 3 is 2.00 bits per heavy atom. The molecular formula is C42H46N4O8. The van der Waals surface area contributed by atoms with Crippen molar-refractivity contribution in [2.45, 2.75) is 83.2 Å². The maximum Gasteiger partial charge on any atom is 0.323 e. The molecule has 0 saturated heterocycles. The van der Waals surface area contributed by atoms with Gasteiger partial charge in [-0.2, -0.15) is 0 Å². The molecule has 2 saturated carbocycles. The summed E-state index contributed by atoms with van der Waals surface area (Å²) in [5.74, 6) is -2.90. The van der Waals surface area contributed by atoms with Crippen LogP contribution < -0.4 is 10.6 Å². The standard InChI is InChI=1S/C42H46N4O8/c1-23-27(15-39(49)36-16-34(26-11-12-26)30(19-43-36)20-45-38(22-48)42(53)54)5-3-6-31(23)32-7-4-8-35(24(32)2)46-40(50)37-17-33(25-9-10-25)28(18-44-37)13-14-29(21-47)41(51)52/h3-8,16-19,25-26,29,38,45,47-48H,9-15,20-22H2,1-2H3,(H,46,50)(H,51,52)(H,53,54)/t29-,38+/m0/s1. The smallest absolute Gasteiger partial charge is 0.323 e. The maximum absolute atomic E-state index is 13.6.